The monoisotopic (exact) mass is 428 g/mol. The molecular weight excluding hydrogens is 396 g/mol. The normalized spacial score (nSPS) is 16.9. The van der Waals surface area contributed by atoms with E-state index in [1.54, 1.807) is 25.2 Å². The second kappa shape index (κ2) is 11.6. The molecule has 1 fully saturated rings. The van der Waals surface area contributed by atoms with Crippen molar-refractivity contribution in [2.45, 2.75) is 38.0 Å². The fourth-order valence-corrected chi connectivity index (χ4v) is 3.75. The minimum absolute atomic E-state index is 0.0978. The highest BCUT2D eigenvalue weighted by molar-refractivity contribution is 5.78. The Hall–Kier alpha value is -2.77. The molecule has 1 amide bonds. The maximum atomic E-state index is 12.3. The molecule has 0 aromatic heterocycles. The molecule has 0 unspecified atom stereocenters. The second-order valence-corrected chi connectivity index (χ2v) is 7.70. The van der Waals surface area contributed by atoms with Crippen LogP contribution in [0.25, 0.3) is 0 Å². The lowest BCUT2D eigenvalue weighted by Crippen LogP contribution is -2.42. The molecule has 1 aliphatic rings. The number of hydrogen-bond donors (Lipinski definition) is 2. The van der Waals surface area contributed by atoms with E-state index in [4.69, 9.17) is 14.2 Å². The molecule has 2 atom stereocenters. The fourth-order valence-electron chi connectivity index (χ4n) is 3.75. The van der Waals surface area contributed by atoms with Crippen LogP contribution in [0.15, 0.2) is 48.5 Å². The molecule has 7 nitrogen and oxygen atoms in total. The second-order valence-electron chi connectivity index (χ2n) is 7.70. The molecule has 1 heterocycles. The van der Waals surface area contributed by atoms with Crippen LogP contribution in [0.4, 0.5) is 0 Å². The number of nitrogens with one attached hydrogen (secondary N) is 1. The molecule has 2 aromatic rings. The summed E-state index contributed by atoms with van der Waals surface area (Å²) in [6.07, 6.45) is 1.47. The van der Waals surface area contributed by atoms with Crippen LogP contribution in [0.5, 0.6) is 17.2 Å². The van der Waals surface area contributed by atoms with Gasteiger partial charge in [-0.1, -0.05) is 18.2 Å². The molecule has 31 heavy (non-hydrogen) atoms. The number of hydrogen-bond acceptors (Lipinski definition) is 6. The van der Waals surface area contributed by atoms with Crippen molar-refractivity contribution in [1.29, 1.82) is 0 Å². The number of benzene rings is 2. The van der Waals surface area contributed by atoms with Gasteiger partial charge in [0.25, 0.3) is 0 Å². The standard InChI is InChI=1S/C24H32N2O5/c1-29-21-9-6-18(7-10-21)15-25-13-12-19-8-11-24(28)26(19)16-20(27)17-31-23-5-3-4-22(14-23)30-2/h3-7,9-10,14,19-20,25,27H,8,11-13,15-17H2,1-2H3/t19-,20+/m0/s1. The Morgan fingerprint density at radius 1 is 1.10 bits per heavy atom. The van der Waals surface area contributed by atoms with Crippen LogP contribution in [-0.4, -0.2) is 62.0 Å². The van der Waals surface area contributed by atoms with E-state index in [1.807, 2.05) is 42.5 Å². The van der Waals surface area contributed by atoms with Crippen molar-refractivity contribution in [3.05, 3.63) is 54.1 Å². The summed E-state index contributed by atoms with van der Waals surface area (Å²) in [6, 6.07) is 15.4. The van der Waals surface area contributed by atoms with Gasteiger partial charge in [0, 0.05) is 25.1 Å². The van der Waals surface area contributed by atoms with Gasteiger partial charge in [-0.3, -0.25) is 4.79 Å². The lowest BCUT2D eigenvalue weighted by Gasteiger charge is -2.27. The van der Waals surface area contributed by atoms with Gasteiger partial charge in [-0.15, -0.1) is 0 Å². The summed E-state index contributed by atoms with van der Waals surface area (Å²) in [5.74, 6) is 2.27. The number of carbonyl (C=O) groups excluding carboxylic acids is 1. The Kier molecular flexibility index (Phi) is 8.55. The molecule has 1 saturated heterocycles. The minimum atomic E-state index is -0.747. The third kappa shape index (κ3) is 6.87. The zero-order valence-electron chi connectivity index (χ0n) is 18.3. The average molecular weight is 429 g/mol. The Morgan fingerprint density at radius 3 is 2.58 bits per heavy atom. The molecule has 1 aliphatic heterocycles. The molecule has 0 spiro atoms. The number of rotatable bonds is 12. The van der Waals surface area contributed by atoms with Gasteiger partial charge in [-0.2, -0.15) is 0 Å². The van der Waals surface area contributed by atoms with Crippen LogP contribution < -0.4 is 19.5 Å². The maximum Gasteiger partial charge on any atom is 0.222 e. The number of ether oxygens (including phenoxy) is 3. The summed E-state index contributed by atoms with van der Waals surface area (Å²) in [7, 11) is 3.25. The van der Waals surface area contributed by atoms with Gasteiger partial charge in [-0.25, -0.2) is 0 Å². The Balaban J connectivity index is 1.41. The van der Waals surface area contributed by atoms with E-state index in [1.165, 1.54) is 5.56 Å². The highest BCUT2D eigenvalue weighted by Gasteiger charge is 2.31. The van der Waals surface area contributed by atoms with Crippen molar-refractivity contribution in [3.8, 4) is 17.2 Å². The highest BCUT2D eigenvalue weighted by Crippen LogP contribution is 2.22. The average Bonchev–Trinajstić information content (AvgIpc) is 3.15. The van der Waals surface area contributed by atoms with Gasteiger partial charge >= 0.3 is 0 Å². The van der Waals surface area contributed by atoms with Crippen molar-refractivity contribution in [2.24, 2.45) is 0 Å². The van der Waals surface area contributed by atoms with Crippen LogP contribution in [0, 0.1) is 0 Å². The smallest absolute Gasteiger partial charge is 0.222 e. The number of aliphatic hydroxyl groups excluding tert-OH is 1. The van der Waals surface area contributed by atoms with E-state index in [0.717, 1.165) is 31.7 Å². The molecule has 3 rings (SSSR count). The van der Waals surface area contributed by atoms with E-state index < -0.39 is 6.10 Å². The summed E-state index contributed by atoms with van der Waals surface area (Å²) in [5, 5.41) is 13.9. The highest BCUT2D eigenvalue weighted by atomic mass is 16.5. The van der Waals surface area contributed by atoms with E-state index >= 15 is 0 Å². The predicted octanol–water partition coefficient (Wildman–Crippen LogP) is 2.61. The summed E-state index contributed by atoms with van der Waals surface area (Å²) >= 11 is 0. The first-order valence-electron chi connectivity index (χ1n) is 10.7. The van der Waals surface area contributed by atoms with Crippen LogP contribution in [0.2, 0.25) is 0 Å². The first-order valence-corrected chi connectivity index (χ1v) is 10.7. The van der Waals surface area contributed by atoms with Gasteiger partial charge in [0.15, 0.2) is 0 Å². The molecule has 2 aromatic carbocycles. The van der Waals surface area contributed by atoms with Crippen molar-refractivity contribution in [3.63, 3.8) is 0 Å². The van der Waals surface area contributed by atoms with Crippen LogP contribution in [0.3, 0.4) is 0 Å². The number of carbonyl (C=O) groups is 1. The SMILES string of the molecule is COc1ccc(CNCC[C@@H]2CCC(=O)N2C[C@@H](O)COc2cccc(OC)c2)cc1. The fraction of sp³-hybridized carbons (Fsp3) is 0.458. The van der Waals surface area contributed by atoms with Crippen LogP contribution >= 0.6 is 0 Å². The van der Waals surface area contributed by atoms with E-state index in [0.29, 0.717) is 17.9 Å². The number of β-amino-alcohol motifs (C(OH)–C–C–N with tert-alkyl or cyclic N) is 1. The number of likely N-dealkylation sites (tertiary alicyclic amines) is 1. The Labute approximate surface area is 183 Å². The van der Waals surface area contributed by atoms with Crippen molar-refractivity contribution in [1.82, 2.24) is 10.2 Å². The summed E-state index contributed by atoms with van der Waals surface area (Å²) in [4.78, 5) is 14.1. The summed E-state index contributed by atoms with van der Waals surface area (Å²) < 4.78 is 16.0. The lowest BCUT2D eigenvalue weighted by molar-refractivity contribution is -0.130. The third-order valence-corrected chi connectivity index (χ3v) is 5.49. The molecule has 168 valence electrons. The molecule has 0 saturated carbocycles. The van der Waals surface area contributed by atoms with Gasteiger partial charge in [0.1, 0.15) is 30.0 Å². The topological polar surface area (TPSA) is 80.3 Å². The van der Waals surface area contributed by atoms with Crippen LogP contribution in [-0.2, 0) is 11.3 Å². The summed E-state index contributed by atoms with van der Waals surface area (Å²) in [5.41, 5.74) is 1.19. The number of methoxy groups -OCH3 is 2. The Bertz CT molecular complexity index is 827. The van der Waals surface area contributed by atoms with Gasteiger partial charge in [0.05, 0.1) is 20.8 Å². The van der Waals surface area contributed by atoms with Gasteiger partial charge in [0.2, 0.25) is 5.91 Å². The molecule has 2 N–H and O–H groups in total. The zero-order chi connectivity index (χ0) is 22.1. The van der Waals surface area contributed by atoms with E-state index in [9.17, 15) is 9.90 Å². The van der Waals surface area contributed by atoms with Gasteiger partial charge in [-0.05, 0) is 49.2 Å². The number of aliphatic hydroxyl groups is 1. The first-order chi connectivity index (χ1) is 15.1. The quantitative estimate of drug-likeness (QED) is 0.506. The molecule has 7 heteroatoms. The predicted molar refractivity (Wildman–Crippen MR) is 119 cm³/mol. The van der Waals surface area contributed by atoms with E-state index in [2.05, 4.69) is 5.32 Å². The minimum Gasteiger partial charge on any atom is -0.497 e. The molecular formula is C24H32N2O5. The number of nitrogens with zero attached hydrogens (tertiary/aromatic N) is 1. The van der Waals surface area contributed by atoms with Gasteiger partial charge < -0.3 is 29.5 Å². The number of amides is 1. The van der Waals surface area contributed by atoms with Crippen molar-refractivity contribution < 1.29 is 24.1 Å². The molecule has 0 radical (unpaired) electrons. The molecule has 0 aliphatic carbocycles. The lowest BCUT2D eigenvalue weighted by atomic mass is 10.1. The van der Waals surface area contributed by atoms with E-state index in [-0.39, 0.29) is 25.1 Å². The molecule has 0 bridgehead atoms. The van der Waals surface area contributed by atoms with Crippen molar-refractivity contribution in [2.75, 3.05) is 33.9 Å². The zero-order valence-corrected chi connectivity index (χ0v) is 18.3. The van der Waals surface area contributed by atoms with Crippen LogP contribution in [0.1, 0.15) is 24.8 Å². The maximum absolute atomic E-state index is 12.3. The van der Waals surface area contributed by atoms with Crippen molar-refractivity contribution >= 4 is 5.91 Å². The summed E-state index contributed by atoms with van der Waals surface area (Å²) in [6.45, 7) is 1.98. The first kappa shape index (κ1) is 22.9. The largest absolute Gasteiger partial charge is 0.497 e. The third-order valence-electron chi connectivity index (χ3n) is 5.49. The Morgan fingerprint density at radius 2 is 1.84 bits per heavy atom.